The molecule has 0 radical (unpaired) electrons. The highest BCUT2D eigenvalue weighted by Gasteiger charge is 2.20. The van der Waals surface area contributed by atoms with Crippen LogP contribution in [0.3, 0.4) is 0 Å². The number of ether oxygens (including phenoxy) is 1. The zero-order chi connectivity index (χ0) is 12.5. The fraction of sp³-hybridized carbons (Fsp3) is 0.500. The van der Waals surface area contributed by atoms with Gasteiger partial charge in [-0.25, -0.2) is 0 Å². The molecule has 3 N–H and O–H groups in total. The maximum Gasteiger partial charge on any atom is 0.123 e. The first-order valence-corrected chi connectivity index (χ1v) is 6.59. The number of nitrogens with two attached hydrogens (primary N) is 1. The minimum Gasteiger partial charge on any atom is -0.490 e. The molecule has 0 spiro atoms. The summed E-state index contributed by atoms with van der Waals surface area (Å²) in [5.74, 6) is 0.976. The zero-order valence-electron chi connectivity index (χ0n) is 11.1. The average Bonchev–Trinajstić information content (AvgIpc) is 2.84. The second kappa shape index (κ2) is 5.80. The number of aromatic nitrogens is 2. The number of hydrogen-bond acceptors (Lipinski definition) is 3. The molecule has 0 aliphatic heterocycles. The van der Waals surface area contributed by atoms with E-state index in [9.17, 15) is 0 Å². The van der Waals surface area contributed by atoms with Crippen LogP contribution in [0.1, 0.15) is 31.2 Å². The van der Waals surface area contributed by atoms with Crippen LogP contribution in [-0.4, -0.2) is 22.3 Å². The van der Waals surface area contributed by atoms with Crippen molar-refractivity contribution in [3.8, 4) is 5.75 Å². The molecule has 1 aliphatic carbocycles. The molecule has 1 aromatic heterocycles. The van der Waals surface area contributed by atoms with Crippen molar-refractivity contribution < 1.29 is 4.74 Å². The maximum absolute atomic E-state index is 6.11. The van der Waals surface area contributed by atoms with Gasteiger partial charge in [-0.3, -0.25) is 5.10 Å². The molecule has 0 unspecified atom stereocenters. The van der Waals surface area contributed by atoms with Gasteiger partial charge in [0.2, 0.25) is 0 Å². The Labute approximate surface area is 119 Å². The Morgan fingerprint density at radius 1 is 1.26 bits per heavy atom. The number of benzene rings is 1. The summed E-state index contributed by atoms with van der Waals surface area (Å²) in [6.45, 7) is 2.09. The second-order valence-corrected chi connectivity index (χ2v) is 5.17. The lowest BCUT2D eigenvalue weighted by molar-refractivity contribution is 0.146. The van der Waals surface area contributed by atoms with E-state index in [4.69, 9.17) is 10.5 Å². The minimum atomic E-state index is 0. The van der Waals surface area contributed by atoms with E-state index in [2.05, 4.69) is 17.1 Å². The van der Waals surface area contributed by atoms with Crippen LogP contribution in [0.5, 0.6) is 5.75 Å². The molecule has 1 aliphatic rings. The van der Waals surface area contributed by atoms with Crippen LogP contribution >= 0.6 is 12.4 Å². The lowest BCUT2D eigenvalue weighted by Crippen LogP contribution is -2.31. The molecule has 5 heteroatoms. The normalized spacial score (nSPS) is 23.1. The molecule has 19 heavy (non-hydrogen) atoms. The van der Waals surface area contributed by atoms with Crippen molar-refractivity contribution >= 4 is 23.3 Å². The first-order valence-electron chi connectivity index (χ1n) is 6.59. The van der Waals surface area contributed by atoms with Gasteiger partial charge in [0.15, 0.2) is 0 Å². The Balaban J connectivity index is 0.00000133. The van der Waals surface area contributed by atoms with Gasteiger partial charge in [0.25, 0.3) is 0 Å². The highest BCUT2D eigenvalue weighted by molar-refractivity contribution is 5.85. The molecule has 104 valence electrons. The highest BCUT2D eigenvalue weighted by atomic mass is 35.5. The molecule has 1 aromatic carbocycles. The molecule has 1 saturated carbocycles. The largest absolute Gasteiger partial charge is 0.490 e. The highest BCUT2D eigenvalue weighted by Crippen LogP contribution is 2.29. The number of nitrogens with zero attached hydrogens (tertiary/aromatic N) is 1. The summed E-state index contributed by atoms with van der Waals surface area (Å²) < 4.78 is 6.11. The lowest BCUT2D eigenvalue weighted by atomic mass is 9.93. The number of H-pyrrole nitrogens is 1. The van der Waals surface area contributed by atoms with E-state index in [1.165, 1.54) is 0 Å². The summed E-state index contributed by atoms with van der Waals surface area (Å²) >= 11 is 0. The van der Waals surface area contributed by atoms with Gasteiger partial charge in [0.1, 0.15) is 5.75 Å². The number of aryl methyl sites for hydroxylation is 1. The van der Waals surface area contributed by atoms with Crippen LogP contribution in [-0.2, 0) is 0 Å². The number of nitrogens with one attached hydrogen (secondary N) is 1. The number of halogens is 1. The van der Waals surface area contributed by atoms with Gasteiger partial charge >= 0.3 is 0 Å². The summed E-state index contributed by atoms with van der Waals surface area (Å²) in [6, 6.07) is 4.42. The Hall–Kier alpha value is -1.26. The fourth-order valence-electron chi connectivity index (χ4n) is 2.65. The van der Waals surface area contributed by atoms with Crippen LogP contribution in [0, 0.1) is 6.92 Å². The third kappa shape index (κ3) is 2.85. The standard InChI is InChI=1S/C14H19N3O.ClH/c1-9-12-8-16-17-13(12)6-7-14(9)18-11-4-2-10(15)3-5-11;/h6-8,10-11H,2-5,15H2,1H3,(H,16,17);1H. The molecule has 1 fully saturated rings. The van der Waals surface area contributed by atoms with E-state index in [0.717, 1.165) is 47.9 Å². The maximum atomic E-state index is 6.11. The van der Waals surface area contributed by atoms with E-state index in [1.807, 2.05) is 18.3 Å². The van der Waals surface area contributed by atoms with Gasteiger partial charge in [-0.1, -0.05) is 0 Å². The van der Waals surface area contributed by atoms with Crippen molar-refractivity contribution in [1.82, 2.24) is 10.2 Å². The minimum absolute atomic E-state index is 0. The summed E-state index contributed by atoms with van der Waals surface area (Å²) in [4.78, 5) is 0. The Morgan fingerprint density at radius 2 is 2.00 bits per heavy atom. The van der Waals surface area contributed by atoms with Crippen LogP contribution < -0.4 is 10.5 Å². The van der Waals surface area contributed by atoms with Gasteiger partial charge in [-0.2, -0.15) is 5.10 Å². The topological polar surface area (TPSA) is 63.9 Å². The molecular formula is C14H20ClN3O. The number of aromatic amines is 1. The Bertz CT molecular complexity index is 547. The fourth-order valence-corrected chi connectivity index (χ4v) is 2.65. The molecule has 1 heterocycles. The predicted octanol–water partition coefficient (Wildman–Crippen LogP) is 2.94. The van der Waals surface area contributed by atoms with Crippen molar-refractivity contribution in [1.29, 1.82) is 0 Å². The van der Waals surface area contributed by atoms with Crippen LogP contribution in [0.4, 0.5) is 0 Å². The van der Waals surface area contributed by atoms with Gasteiger partial charge in [-0.05, 0) is 44.7 Å². The SMILES string of the molecule is Cc1c(OC2CCC(N)CC2)ccc2[nH]ncc12.Cl. The molecule has 0 atom stereocenters. The van der Waals surface area contributed by atoms with Crippen LogP contribution in [0.15, 0.2) is 18.3 Å². The van der Waals surface area contributed by atoms with Crippen molar-refractivity contribution in [2.45, 2.75) is 44.8 Å². The zero-order valence-corrected chi connectivity index (χ0v) is 11.9. The van der Waals surface area contributed by atoms with Gasteiger partial charge in [0.05, 0.1) is 17.8 Å². The molecular weight excluding hydrogens is 262 g/mol. The summed E-state index contributed by atoms with van der Waals surface area (Å²) in [5, 5.41) is 8.18. The summed E-state index contributed by atoms with van der Waals surface area (Å²) in [6.07, 6.45) is 6.42. The van der Waals surface area contributed by atoms with Crippen LogP contribution in [0.2, 0.25) is 0 Å². The molecule has 0 saturated heterocycles. The smallest absolute Gasteiger partial charge is 0.123 e. The van der Waals surface area contributed by atoms with E-state index < -0.39 is 0 Å². The van der Waals surface area contributed by atoms with Gasteiger partial charge in [0, 0.05) is 17.0 Å². The van der Waals surface area contributed by atoms with Crippen molar-refractivity contribution in [2.75, 3.05) is 0 Å². The molecule has 0 bridgehead atoms. The molecule has 2 aromatic rings. The lowest BCUT2D eigenvalue weighted by Gasteiger charge is -2.27. The summed E-state index contributed by atoms with van der Waals surface area (Å²) in [5.41, 5.74) is 8.14. The summed E-state index contributed by atoms with van der Waals surface area (Å²) in [7, 11) is 0. The second-order valence-electron chi connectivity index (χ2n) is 5.17. The first kappa shape index (κ1) is 14.2. The molecule has 4 nitrogen and oxygen atoms in total. The quantitative estimate of drug-likeness (QED) is 0.889. The van der Waals surface area contributed by atoms with Crippen molar-refractivity contribution in [3.05, 3.63) is 23.9 Å². The molecule has 0 amide bonds. The van der Waals surface area contributed by atoms with Gasteiger partial charge < -0.3 is 10.5 Å². The number of rotatable bonds is 2. The van der Waals surface area contributed by atoms with Crippen LogP contribution in [0.25, 0.3) is 10.9 Å². The third-order valence-corrected chi connectivity index (χ3v) is 3.86. The Morgan fingerprint density at radius 3 is 2.74 bits per heavy atom. The van der Waals surface area contributed by atoms with Gasteiger partial charge in [-0.15, -0.1) is 12.4 Å². The monoisotopic (exact) mass is 281 g/mol. The average molecular weight is 282 g/mol. The van der Waals surface area contributed by atoms with E-state index in [1.54, 1.807) is 0 Å². The number of hydrogen-bond donors (Lipinski definition) is 2. The van der Waals surface area contributed by atoms with E-state index >= 15 is 0 Å². The first-order chi connectivity index (χ1) is 8.74. The van der Waals surface area contributed by atoms with Crippen molar-refractivity contribution in [3.63, 3.8) is 0 Å². The molecule has 3 rings (SSSR count). The third-order valence-electron chi connectivity index (χ3n) is 3.86. The van der Waals surface area contributed by atoms with E-state index in [0.29, 0.717) is 12.1 Å². The van der Waals surface area contributed by atoms with E-state index in [-0.39, 0.29) is 12.4 Å². The predicted molar refractivity (Wildman–Crippen MR) is 78.9 cm³/mol. The van der Waals surface area contributed by atoms with Crippen molar-refractivity contribution in [2.24, 2.45) is 5.73 Å². The number of fused-ring (bicyclic) bond motifs is 1. The Kier molecular flexibility index (Phi) is 4.32.